The van der Waals surface area contributed by atoms with Crippen LogP contribution in [0.3, 0.4) is 0 Å². The molecule has 2 rings (SSSR count). The Morgan fingerprint density at radius 3 is 3.12 bits per heavy atom. The van der Waals surface area contributed by atoms with Gasteiger partial charge in [-0.1, -0.05) is 0 Å². The van der Waals surface area contributed by atoms with Gasteiger partial charge >= 0.3 is 5.97 Å². The number of carbonyl (C=O) groups excluding carboxylic acids is 1. The van der Waals surface area contributed by atoms with E-state index in [-0.39, 0.29) is 5.97 Å². The van der Waals surface area contributed by atoms with Crippen molar-refractivity contribution in [3.8, 4) is 0 Å². The van der Waals surface area contributed by atoms with Crippen molar-refractivity contribution in [3.05, 3.63) is 35.8 Å². The number of esters is 1. The minimum atomic E-state index is -0.361. The Morgan fingerprint density at radius 1 is 1.62 bits per heavy atom. The molecule has 0 radical (unpaired) electrons. The van der Waals surface area contributed by atoms with E-state index < -0.39 is 0 Å². The SMILES string of the molecule is CCOC(=O)c1cccn2cc(CCl)nc12. The summed E-state index contributed by atoms with van der Waals surface area (Å²) in [4.78, 5) is 15.9. The van der Waals surface area contributed by atoms with E-state index in [0.29, 0.717) is 23.7 Å². The number of ether oxygens (including phenoxy) is 1. The molecule has 0 atom stereocenters. The van der Waals surface area contributed by atoms with E-state index >= 15 is 0 Å². The van der Waals surface area contributed by atoms with Gasteiger partial charge in [0.25, 0.3) is 0 Å². The zero-order valence-corrected chi connectivity index (χ0v) is 9.57. The quantitative estimate of drug-likeness (QED) is 0.609. The average molecular weight is 239 g/mol. The topological polar surface area (TPSA) is 43.6 Å². The molecule has 2 aromatic rings. The smallest absolute Gasteiger partial charge is 0.341 e. The van der Waals surface area contributed by atoms with E-state index in [4.69, 9.17) is 16.3 Å². The van der Waals surface area contributed by atoms with Crippen LogP contribution in [0.2, 0.25) is 0 Å². The molecule has 0 amide bonds. The Bertz CT molecular complexity index is 522. The second-order valence-corrected chi connectivity index (χ2v) is 3.51. The second-order valence-electron chi connectivity index (χ2n) is 3.24. The Hall–Kier alpha value is -1.55. The van der Waals surface area contributed by atoms with Crippen molar-refractivity contribution in [1.82, 2.24) is 9.38 Å². The third kappa shape index (κ3) is 1.88. The number of halogens is 1. The van der Waals surface area contributed by atoms with Gasteiger partial charge in [0.05, 0.1) is 18.2 Å². The Morgan fingerprint density at radius 2 is 2.44 bits per heavy atom. The fourth-order valence-corrected chi connectivity index (χ4v) is 1.63. The van der Waals surface area contributed by atoms with Crippen LogP contribution >= 0.6 is 11.6 Å². The molecule has 0 unspecified atom stereocenters. The number of nitrogens with zero attached hydrogens (tertiary/aromatic N) is 2. The molecule has 0 bridgehead atoms. The molecule has 0 aliphatic heterocycles. The van der Waals surface area contributed by atoms with Gasteiger partial charge in [-0.05, 0) is 19.1 Å². The highest BCUT2D eigenvalue weighted by Gasteiger charge is 2.13. The van der Waals surface area contributed by atoms with Gasteiger partial charge in [-0.2, -0.15) is 0 Å². The molecule has 2 heterocycles. The minimum absolute atomic E-state index is 0.323. The zero-order chi connectivity index (χ0) is 11.5. The largest absolute Gasteiger partial charge is 0.462 e. The standard InChI is InChI=1S/C11H11ClN2O2/c1-2-16-11(15)9-4-3-5-14-7-8(6-12)13-10(9)14/h3-5,7H,2,6H2,1H3. The highest BCUT2D eigenvalue weighted by molar-refractivity contribution is 6.16. The first kappa shape index (κ1) is 11.0. The van der Waals surface area contributed by atoms with Crippen LogP contribution in [0.5, 0.6) is 0 Å². The van der Waals surface area contributed by atoms with Crippen LogP contribution in [0.4, 0.5) is 0 Å². The van der Waals surface area contributed by atoms with Crippen molar-refractivity contribution in [2.45, 2.75) is 12.8 Å². The maximum absolute atomic E-state index is 11.6. The van der Waals surface area contributed by atoms with Crippen LogP contribution in [0.1, 0.15) is 23.0 Å². The van der Waals surface area contributed by atoms with Crippen molar-refractivity contribution in [1.29, 1.82) is 0 Å². The lowest BCUT2D eigenvalue weighted by molar-refractivity contribution is 0.0528. The summed E-state index contributed by atoms with van der Waals surface area (Å²) in [5.41, 5.74) is 1.77. The lowest BCUT2D eigenvalue weighted by atomic mass is 10.3. The van der Waals surface area contributed by atoms with Crippen molar-refractivity contribution >= 4 is 23.2 Å². The molecule has 0 N–H and O–H groups in total. The molecule has 16 heavy (non-hydrogen) atoms. The Balaban J connectivity index is 2.52. The second kappa shape index (κ2) is 4.53. The summed E-state index contributed by atoms with van der Waals surface area (Å²) in [6.45, 7) is 2.12. The number of hydrogen-bond acceptors (Lipinski definition) is 3. The number of rotatable bonds is 3. The fourth-order valence-electron chi connectivity index (χ4n) is 1.50. The van der Waals surface area contributed by atoms with Crippen LogP contribution in [0, 0.1) is 0 Å². The monoisotopic (exact) mass is 238 g/mol. The summed E-state index contributed by atoms with van der Waals surface area (Å²) in [5.74, 6) is -0.0379. The summed E-state index contributed by atoms with van der Waals surface area (Å²) in [5, 5.41) is 0. The average Bonchev–Trinajstić information content (AvgIpc) is 2.71. The van der Waals surface area contributed by atoms with E-state index in [2.05, 4.69) is 4.98 Å². The molecule has 0 aliphatic rings. The zero-order valence-electron chi connectivity index (χ0n) is 8.81. The van der Waals surface area contributed by atoms with E-state index in [1.54, 1.807) is 29.7 Å². The van der Waals surface area contributed by atoms with Crippen molar-refractivity contribution in [3.63, 3.8) is 0 Å². The molecular weight excluding hydrogens is 228 g/mol. The Kier molecular flexibility index (Phi) is 3.10. The van der Waals surface area contributed by atoms with Gasteiger partial charge in [-0.15, -0.1) is 11.6 Å². The van der Waals surface area contributed by atoms with Gasteiger partial charge in [-0.25, -0.2) is 9.78 Å². The number of pyridine rings is 1. The summed E-state index contributed by atoms with van der Waals surface area (Å²) in [7, 11) is 0. The van der Waals surface area contributed by atoms with Crippen LogP contribution < -0.4 is 0 Å². The van der Waals surface area contributed by atoms with Crippen LogP contribution in [-0.2, 0) is 10.6 Å². The molecule has 2 aromatic heterocycles. The van der Waals surface area contributed by atoms with Crippen molar-refractivity contribution in [2.75, 3.05) is 6.61 Å². The maximum atomic E-state index is 11.6. The third-order valence-electron chi connectivity index (χ3n) is 2.16. The normalized spacial score (nSPS) is 10.6. The van der Waals surface area contributed by atoms with Crippen molar-refractivity contribution < 1.29 is 9.53 Å². The van der Waals surface area contributed by atoms with Crippen LogP contribution in [0.25, 0.3) is 5.65 Å². The van der Waals surface area contributed by atoms with E-state index in [1.165, 1.54) is 0 Å². The highest BCUT2D eigenvalue weighted by atomic mass is 35.5. The van der Waals surface area contributed by atoms with E-state index in [1.807, 2.05) is 6.20 Å². The fraction of sp³-hybridized carbons (Fsp3) is 0.273. The molecule has 0 saturated heterocycles. The van der Waals surface area contributed by atoms with Crippen LogP contribution in [-0.4, -0.2) is 22.0 Å². The summed E-state index contributed by atoms with van der Waals surface area (Å²) >= 11 is 5.70. The van der Waals surface area contributed by atoms with E-state index in [0.717, 1.165) is 5.69 Å². The lowest BCUT2D eigenvalue weighted by Crippen LogP contribution is -2.06. The predicted octanol–water partition coefficient (Wildman–Crippen LogP) is 2.25. The molecule has 0 fully saturated rings. The number of fused-ring (bicyclic) bond motifs is 1. The van der Waals surface area contributed by atoms with E-state index in [9.17, 15) is 4.79 Å². The molecule has 84 valence electrons. The maximum Gasteiger partial charge on any atom is 0.341 e. The highest BCUT2D eigenvalue weighted by Crippen LogP contribution is 2.13. The first-order chi connectivity index (χ1) is 7.76. The molecular formula is C11H11ClN2O2. The van der Waals surface area contributed by atoms with Gasteiger partial charge in [0.1, 0.15) is 5.56 Å². The molecule has 0 aromatic carbocycles. The predicted molar refractivity (Wildman–Crippen MR) is 60.7 cm³/mol. The Labute approximate surface area is 97.8 Å². The number of alkyl halides is 1. The molecule has 5 heteroatoms. The van der Waals surface area contributed by atoms with Crippen LogP contribution in [0.15, 0.2) is 24.5 Å². The molecule has 0 spiro atoms. The minimum Gasteiger partial charge on any atom is -0.462 e. The summed E-state index contributed by atoms with van der Waals surface area (Å²) < 4.78 is 6.72. The number of hydrogen-bond donors (Lipinski definition) is 0. The van der Waals surface area contributed by atoms with Gasteiger partial charge in [0.2, 0.25) is 0 Å². The molecule has 0 saturated carbocycles. The molecule has 0 aliphatic carbocycles. The first-order valence-electron chi connectivity index (χ1n) is 4.96. The number of imidazole rings is 1. The lowest BCUT2D eigenvalue weighted by Gasteiger charge is -2.02. The van der Waals surface area contributed by atoms with Crippen molar-refractivity contribution in [2.24, 2.45) is 0 Å². The van der Waals surface area contributed by atoms with Gasteiger partial charge < -0.3 is 9.14 Å². The number of carbonyl (C=O) groups is 1. The number of aromatic nitrogens is 2. The molecule has 4 nitrogen and oxygen atoms in total. The summed E-state index contributed by atoms with van der Waals surface area (Å²) in [6.07, 6.45) is 3.62. The third-order valence-corrected chi connectivity index (χ3v) is 2.44. The van der Waals surface area contributed by atoms with Gasteiger partial charge in [0, 0.05) is 12.4 Å². The van der Waals surface area contributed by atoms with Gasteiger partial charge in [0.15, 0.2) is 5.65 Å². The first-order valence-corrected chi connectivity index (χ1v) is 5.49. The summed E-state index contributed by atoms with van der Waals surface area (Å²) in [6, 6.07) is 3.47. The van der Waals surface area contributed by atoms with Gasteiger partial charge in [-0.3, -0.25) is 0 Å².